The summed E-state index contributed by atoms with van der Waals surface area (Å²) in [5, 5.41) is 2.60. The second-order valence-electron chi connectivity index (χ2n) is 5.26. The fourth-order valence-electron chi connectivity index (χ4n) is 2.28. The summed E-state index contributed by atoms with van der Waals surface area (Å²) < 4.78 is 23.3. The highest BCUT2D eigenvalue weighted by Gasteiger charge is 2.21. The van der Waals surface area contributed by atoms with Crippen LogP contribution in [-0.4, -0.2) is 44.5 Å². The minimum Gasteiger partial charge on any atom is -0.493 e. The quantitative estimate of drug-likeness (QED) is 0.873. The first-order valence-electron chi connectivity index (χ1n) is 7.48. The number of anilines is 1. The molecule has 2 amide bonds. The molecule has 0 bridgehead atoms. The number of carbonyl (C=O) groups is 2. The molecule has 2 aromatic carbocycles. The monoisotopic (exact) mass is 346 g/mol. The molecule has 1 N–H and O–H groups in total. The van der Waals surface area contributed by atoms with E-state index >= 15 is 0 Å². The predicted octanol–water partition coefficient (Wildman–Crippen LogP) is 2.55. The number of para-hydroxylation sites is 1. The minimum atomic E-state index is -0.399. The molecule has 2 aromatic rings. The fourth-order valence-corrected chi connectivity index (χ4v) is 2.28. The number of carbonyl (C=O) groups excluding carboxylic acids is 2. The van der Waals surface area contributed by atoms with E-state index < -0.39 is 11.7 Å². The number of likely N-dealkylation sites (N-methyl/N-ethyl adjacent to an activating group) is 1. The first-order valence-corrected chi connectivity index (χ1v) is 7.48. The molecule has 0 spiro atoms. The Balaban J connectivity index is 2.07. The molecular formula is C18H19FN2O4. The third-order valence-corrected chi connectivity index (χ3v) is 3.49. The predicted molar refractivity (Wildman–Crippen MR) is 91.5 cm³/mol. The highest BCUT2D eigenvalue weighted by Crippen LogP contribution is 2.31. The molecule has 6 nitrogen and oxygen atoms in total. The van der Waals surface area contributed by atoms with Gasteiger partial charge in [-0.25, -0.2) is 4.39 Å². The Morgan fingerprint density at radius 2 is 1.76 bits per heavy atom. The lowest BCUT2D eigenvalue weighted by molar-refractivity contribution is -0.116. The van der Waals surface area contributed by atoms with Crippen molar-refractivity contribution in [1.82, 2.24) is 4.90 Å². The first-order chi connectivity index (χ1) is 12.0. The summed E-state index contributed by atoms with van der Waals surface area (Å²) in [5.74, 6) is -0.442. The van der Waals surface area contributed by atoms with Gasteiger partial charge in [0, 0.05) is 12.7 Å². The van der Waals surface area contributed by atoms with Gasteiger partial charge in [0.25, 0.3) is 5.91 Å². The molecule has 0 fully saturated rings. The van der Waals surface area contributed by atoms with Gasteiger partial charge in [0.15, 0.2) is 11.5 Å². The maximum Gasteiger partial charge on any atom is 0.257 e. The molecule has 25 heavy (non-hydrogen) atoms. The van der Waals surface area contributed by atoms with Crippen LogP contribution in [0.1, 0.15) is 10.4 Å². The lowest BCUT2D eigenvalue weighted by atomic mass is 10.1. The number of halogens is 1. The number of nitrogens with one attached hydrogen (secondary N) is 1. The van der Waals surface area contributed by atoms with Crippen LogP contribution in [0.25, 0.3) is 0 Å². The van der Waals surface area contributed by atoms with Gasteiger partial charge in [-0.3, -0.25) is 9.59 Å². The number of nitrogens with zero attached hydrogens (tertiary/aromatic N) is 1. The van der Waals surface area contributed by atoms with E-state index in [2.05, 4.69) is 5.32 Å². The zero-order valence-electron chi connectivity index (χ0n) is 14.2. The Labute approximate surface area is 145 Å². The second-order valence-corrected chi connectivity index (χ2v) is 5.26. The lowest BCUT2D eigenvalue weighted by Gasteiger charge is -2.19. The van der Waals surface area contributed by atoms with E-state index in [9.17, 15) is 14.0 Å². The Hall–Kier alpha value is -3.09. The number of rotatable bonds is 6. The summed E-state index contributed by atoms with van der Waals surface area (Å²) in [6.07, 6.45) is 0. The fraction of sp³-hybridized carbons (Fsp3) is 0.222. The van der Waals surface area contributed by atoms with Crippen LogP contribution in [0.5, 0.6) is 11.5 Å². The Morgan fingerprint density at radius 3 is 2.36 bits per heavy atom. The average Bonchev–Trinajstić information content (AvgIpc) is 2.62. The van der Waals surface area contributed by atoms with Crippen molar-refractivity contribution in [2.45, 2.75) is 0 Å². The largest absolute Gasteiger partial charge is 0.493 e. The van der Waals surface area contributed by atoms with Crippen LogP contribution >= 0.6 is 0 Å². The van der Waals surface area contributed by atoms with Crippen LogP contribution in [0.2, 0.25) is 0 Å². The molecule has 0 saturated carbocycles. The molecule has 0 unspecified atom stereocenters. The molecule has 7 heteroatoms. The maximum absolute atomic E-state index is 12.9. The SMILES string of the molecule is COc1cccc(C(=O)N(C)CC(=O)Nc2ccc(F)cc2)c1OC. The number of methoxy groups -OCH3 is 2. The van der Waals surface area contributed by atoms with Crippen molar-refractivity contribution in [3.05, 3.63) is 53.8 Å². The van der Waals surface area contributed by atoms with Crippen LogP contribution in [0.4, 0.5) is 10.1 Å². The molecule has 2 rings (SSSR count). The molecule has 0 aliphatic carbocycles. The number of hydrogen-bond donors (Lipinski definition) is 1. The third kappa shape index (κ3) is 4.47. The van der Waals surface area contributed by atoms with Gasteiger partial charge in [0.2, 0.25) is 5.91 Å². The summed E-state index contributed by atoms with van der Waals surface area (Å²) in [7, 11) is 4.42. The van der Waals surface area contributed by atoms with E-state index in [1.165, 1.54) is 50.4 Å². The summed E-state index contributed by atoms with van der Waals surface area (Å²) in [4.78, 5) is 25.9. The van der Waals surface area contributed by atoms with Gasteiger partial charge in [-0.2, -0.15) is 0 Å². The van der Waals surface area contributed by atoms with Crippen molar-refractivity contribution in [2.75, 3.05) is 33.1 Å². The summed E-state index contributed by atoms with van der Waals surface area (Å²) in [5.41, 5.74) is 0.741. The molecule has 0 heterocycles. The van der Waals surface area contributed by atoms with Gasteiger partial charge >= 0.3 is 0 Å². The lowest BCUT2D eigenvalue weighted by Crippen LogP contribution is -2.35. The Morgan fingerprint density at radius 1 is 1.08 bits per heavy atom. The van der Waals surface area contributed by atoms with Crippen LogP contribution in [-0.2, 0) is 4.79 Å². The molecular weight excluding hydrogens is 327 g/mol. The molecule has 0 saturated heterocycles. The topological polar surface area (TPSA) is 67.9 Å². The molecule has 0 radical (unpaired) electrons. The molecule has 0 aliphatic rings. The number of amides is 2. The Kier molecular flexibility index (Phi) is 5.94. The molecule has 0 atom stereocenters. The highest BCUT2D eigenvalue weighted by molar-refractivity contribution is 6.01. The standard InChI is InChI=1S/C18H19FN2O4/c1-21(11-16(22)20-13-9-7-12(19)8-10-13)18(23)14-5-4-6-15(24-2)17(14)25-3/h4-10H,11H2,1-3H3,(H,20,22). The second kappa shape index (κ2) is 8.14. The van der Waals surface area contributed by atoms with E-state index in [0.717, 1.165) is 0 Å². The first kappa shape index (κ1) is 18.3. The van der Waals surface area contributed by atoms with E-state index in [-0.39, 0.29) is 12.5 Å². The summed E-state index contributed by atoms with van der Waals surface area (Å²) in [6.45, 7) is -0.170. The average molecular weight is 346 g/mol. The highest BCUT2D eigenvalue weighted by atomic mass is 19.1. The van der Waals surface area contributed by atoms with Gasteiger partial charge in [0.05, 0.1) is 26.3 Å². The van der Waals surface area contributed by atoms with Crippen molar-refractivity contribution in [3.63, 3.8) is 0 Å². The summed E-state index contributed by atoms with van der Waals surface area (Å²) in [6, 6.07) is 10.3. The van der Waals surface area contributed by atoms with Gasteiger partial charge < -0.3 is 19.7 Å². The van der Waals surface area contributed by atoms with Crippen molar-refractivity contribution >= 4 is 17.5 Å². The van der Waals surface area contributed by atoms with Crippen molar-refractivity contribution in [2.24, 2.45) is 0 Å². The van der Waals surface area contributed by atoms with Crippen molar-refractivity contribution in [1.29, 1.82) is 0 Å². The van der Waals surface area contributed by atoms with Crippen LogP contribution in [0.3, 0.4) is 0 Å². The molecule has 0 aromatic heterocycles. The van der Waals surface area contributed by atoms with E-state index in [1.54, 1.807) is 18.2 Å². The maximum atomic E-state index is 12.9. The van der Waals surface area contributed by atoms with Gasteiger partial charge in [-0.1, -0.05) is 6.07 Å². The number of benzene rings is 2. The van der Waals surface area contributed by atoms with E-state index in [4.69, 9.17) is 9.47 Å². The van der Waals surface area contributed by atoms with Crippen LogP contribution in [0, 0.1) is 5.82 Å². The van der Waals surface area contributed by atoms with Gasteiger partial charge in [0.1, 0.15) is 5.82 Å². The van der Waals surface area contributed by atoms with Crippen LogP contribution in [0.15, 0.2) is 42.5 Å². The smallest absolute Gasteiger partial charge is 0.257 e. The van der Waals surface area contributed by atoms with Crippen LogP contribution < -0.4 is 14.8 Å². The normalized spacial score (nSPS) is 10.1. The van der Waals surface area contributed by atoms with E-state index in [0.29, 0.717) is 22.7 Å². The zero-order chi connectivity index (χ0) is 18.4. The third-order valence-electron chi connectivity index (χ3n) is 3.49. The van der Waals surface area contributed by atoms with Crippen molar-refractivity contribution in [3.8, 4) is 11.5 Å². The number of hydrogen-bond acceptors (Lipinski definition) is 4. The zero-order valence-corrected chi connectivity index (χ0v) is 14.2. The summed E-state index contributed by atoms with van der Waals surface area (Å²) >= 11 is 0. The minimum absolute atomic E-state index is 0.170. The van der Waals surface area contributed by atoms with Crippen molar-refractivity contribution < 1.29 is 23.5 Å². The molecule has 0 aliphatic heterocycles. The van der Waals surface area contributed by atoms with Gasteiger partial charge in [-0.15, -0.1) is 0 Å². The number of ether oxygens (including phenoxy) is 2. The molecule has 132 valence electrons. The van der Waals surface area contributed by atoms with E-state index in [1.807, 2.05) is 0 Å². The Bertz CT molecular complexity index is 762. The van der Waals surface area contributed by atoms with Gasteiger partial charge in [-0.05, 0) is 36.4 Å².